The van der Waals surface area contributed by atoms with Crippen molar-refractivity contribution in [2.75, 3.05) is 4.90 Å². The topological polar surface area (TPSA) is 21.7 Å². The summed E-state index contributed by atoms with van der Waals surface area (Å²) in [6, 6.07) is 50.2. The molecule has 0 saturated heterocycles. The van der Waals surface area contributed by atoms with Gasteiger partial charge in [0.1, 0.15) is 23.0 Å². The number of fused-ring (bicyclic) bond motifs is 6. The van der Waals surface area contributed by atoms with Gasteiger partial charge in [-0.15, -0.1) is 0 Å². The molecule has 0 aromatic heterocycles. The summed E-state index contributed by atoms with van der Waals surface area (Å²) in [4.78, 5) is 2.38. The Morgan fingerprint density at radius 3 is 1.53 bits per heavy atom. The van der Waals surface area contributed by atoms with Crippen molar-refractivity contribution in [1.29, 1.82) is 0 Å². The Balaban J connectivity index is 1.37. The molecule has 6 aromatic carbocycles. The summed E-state index contributed by atoms with van der Waals surface area (Å²) in [7, 11) is -2.76. The van der Waals surface area contributed by atoms with Crippen molar-refractivity contribution in [2.45, 2.75) is 19.3 Å². The molecule has 0 saturated carbocycles. The molecular weight excluding hydrogens is 543 g/mol. The summed E-state index contributed by atoms with van der Waals surface area (Å²) >= 11 is 0. The van der Waals surface area contributed by atoms with Gasteiger partial charge >= 0.3 is 0 Å². The lowest BCUT2D eigenvalue weighted by Gasteiger charge is -2.45. The van der Waals surface area contributed by atoms with Gasteiger partial charge < -0.3 is 14.4 Å². The van der Waals surface area contributed by atoms with Gasteiger partial charge in [-0.1, -0.05) is 117 Å². The SMILES string of the molecule is CC1(C)c2ccccc2N(c2cc3c4c(c2)Oc2ccccc2[Si]4(c2ccccc2)c2ccccc2O3)c2ccccc21. The van der Waals surface area contributed by atoms with Gasteiger partial charge in [-0.05, 0) is 51.0 Å². The van der Waals surface area contributed by atoms with E-state index in [0.717, 1.165) is 28.7 Å². The second-order valence-electron chi connectivity index (χ2n) is 12.1. The average molecular weight is 572 g/mol. The number of nitrogens with zero attached hydrogens (tertiary/aromatic N) is 1. The van der Waals surface area contributed by atoms with Crippen molar-refractivity contribution >= 4 is 45.9 Å². The zero-order valence-electron chi connectivity index (χ0n) is 24.0. The first kappa shape index (κ1) is 24.5. The van der Waals surface area contributed by atoms with E-state index in [1.54, 1.807) is 0 Å². The highest BCUT2D eigenvalue weighted by Gasteiger charge is 2.54. The van der Waals surface area contributed by atoms with Crippen molar-refractivity contribution in [3.05, 3.63) is 151 Å². The first-order chi connectivity index (χ1) is 21.1. The number of hydrogen-bond donors (Lipinski definition) is 0. The molecule has 4 heteroatoms. The highest BCUT2D eigenvalue weighted by molar-refractivity contribution is 7.21. The molecule has 0 unspecified atom stereocenters. The van der Waals surface area contributed by atoms with Crippen LogP contribution in [0.3, 0.4) is 0 Å². The maximum absolute atomic E-state index is 6.86. The lowest BCUT2D eigenvalue weighted by molar-refractivity contribution is 0.464. The van der Waals surface area contributed by atoms with Gasteiger partial charge in [0.2, 0.25) is 0 Å². The third kappa shape index (κ3) is 3.19. The van der Waals surface area contributed by atoms with E-state index >= 15 is 0 Å². The van der Waals surface area contributed by atoms with Crippen molar-refractivity contribution in [1.82, 2.24) is 0 Å². The molecule has 3 heterocycles. The molecule has 0 radical (unpaired) electrons. The summed E-state index contributed by atoms with van der Waals surface area (Å²) in [5.41, 5.74) is 5.84. The smallest absolute Gasteiger partial charge is 0.197 e. The number of ether oxygens (including phenoxy) is 2. The monoisotopic (exact) mass is 571 g/mol. The summed E-state index contributed by atoms with van der Waals surface area (Å²) in [5.74, 6) is 3.59. The predicted octanol–water partition coefficient (Wildman–Crippen LogP) is 7.38. The van der Waals surface area contributed by atoms with Crippen molar-refractivity contribution in [2.24, 2.45) is 0 Å². The third-order valence-electron chi connectivity index (χ3n) is 9.55. The van der Waals surface area contributed by atoms with Crippen LogP contribution < -0.4 is 35.1 Å². The fourth-order valence-electron chi connectivity index (χ4n) is 7.71. The molecule has 0 N–H and O–H groups in total. The van der Waals surface area contributed by atoms with Gasteiger partial charge in [-0.3, -0.25) is 0 Å². The Hall–Kier alpha value is -5.06. The zero-order valence-corrected chi connectivity index (χ0v) is 25.0. The first-order valence-corrected chi connectivity index (χ1v) is 16.9. The number of rotatable bonds is 2. The number of para-hydroxylation sites is 4. The maximum Gasteiger partial charge on any atom is 0.197 e. The number of hydrogen-bond acceptors (Lipinski definition) is 3. The van der Waals surface area contributed by atoms with Crippen molar-refractivity contribution < 1.29 is 9.47 Å². The second kappa shape index (κ2) is 8.73. The van der Waals surface area contributed by atoms with Crippen LogP contribution in [0, 0.1) is 0 Å². The summed E-state index contributed by atoms with van der Waals surface area (Å²) in [6.07, 6.45) is 0. The summed E-state index contributed by atoms with van der Waals surface area (Å²) in [5, 5.41) is 5.02. The fourth-order valence-corrected chi connectivity index (χ4v) is 12.8. The Morgan fingerprint density at radius 1 is 0.512 bits per heavy atom. The Morgan fingerprint density at radius 2 is 0.977 bits per heavy atom. The maximum atomic E-state index is 6.86. The van der Waals surface area contributed by atoms with Crippen molar-refractivity contribution in [3.8, 4) is 23.0 Å². The van der Waals surface area contributed by atoms with Crippen LogP contribution in [0.15, 0.2) is 140 Å². The van der Waals surface area contributed by atoms with E-state index in [1.165, 1.54) is 43.2 Å². The molecule has 6 aromatic rings. The molecule has 3 aliphatic heterocycles. The van der Waals surface area contributed by atoms with Crippen LogP contribution in [-0.4, -0.2) is 8.07 Å². The van der Waals surface area contributed by atoms with Gasteiger partial charge in [0, 0.05) is 22.7 Å². The predicted molar refractivity (Wildman–Crippen MR) is 177 cm³/mol. The minimum Gasteiger partial charge on any atom is -0.457 e. The molecule has 3 aliphatic rings. The molecule has 206 valence electrons. The largest absolute Gasteiger partial charge is 0.457 e. The zero-order chi connectivity index (χ0) is 28.8. The molecule has 0 spiro atoms. The molecule has 43 heavy (non-hydrogen) atoms. The molecule has 0 atom stereocenters. The molecule has 0 amide bonds. The van der Waals surface area contributed by atoms with E-state index in [0.29, 0.717) is 0 Å². The van der Waals surface area contributed by atoms with Crippen LogP contribution in [0.4, 0.5) is 17.1 Å². The van der Waals surface area contributed by atoms with Gasteiger partial charge in [0.25, 0.3) is 0 Å². The Labute approximate surface area is 252 Å². The standard InChI is InChI=1S/C39H29NO2Si/c1-39(2)28-16-6-8-18-30(28)40(31-19-9-7-17-29(31)39)26-24-34-38-35(25-26)42-33-21-11-13-23-37(33)43(38,27-14-4-3-5-15-27)36-22-12-10-20-32(36)41-34/h3-25H,1-2H3. The Kier molecular flexibility index (Phi) is 4.98. The molecular formula is C39H29NO2Si. The van der Waals surface area contributed by atoms with E-state index in [-0.39, 0.29) is 5.41 Å². The molecule has 0 bridgehead atoms. The van der Waals surface area contributed by atoms with E-state index in [9.17, 15) is 0 Å². The van der Waals surface area contributed by atoms with Crippen LogP contribution in [0.2, 0.25) is 0 Å². The van der Waals surface area contributed by atoms with E-state index in [2.05, 4.69) is 158 Å². The van der Waals surface area contributed by atoms with Gasteiger partial charge in [0.15, 0.2) is 8.07 Å². The molecule has 9 rings (SSSR count). The van der Waals surface area contributed by atoms with E-state index < -0.39 is 8.07 Å². The van der Waals surface area contributed by atoms with E-state index in [4.69, 9.17) is 9.47 Å². The van der Waals surface area contributed by atoms with Crippen molar-refractivity contribution in [3.63, 3.8) is 0 Å². The van der Waals surface area contributed by atoms with Crippen LogP contribution in [0.25, 0.3) is 0 Å². The molecule has 3 nitrogen and oxygen atoms in total. The first-order valence-electron chi connectivity index (χ1n) is 14.9. The lowest BCUT2D eigenvalue weighted by Crippen LogP contribution is -2.77. The Bertz CT molecular complexity index is 1960. The highest BCUT2D eigenvalue weighted by atomic mass is 28.3. The van der Waals surface area contributed by atoms with Gasteiger partial charge in [-0.25, -0.2) is 0 Å². The molecule has 0 aliphatic carbocycles. The number of anilines is 3. The van der Waals surface area contributed by atoms with Crippen LogP contribution in [-0.2, 0) is 5.41 Å². The van der Waals surface area contributed by atoms with Crippen LogP contribution >= 0.6 is 0 Å². The van der Waals surface area contributed by atoms with Crippen LogP contribution in [0.5, 0.6) is 23.0 Å². The minimum atomic E-state index is -2.76. The average Bonchev–Trinajstić information content (AvgIpc) is 3.05. The van der Waals surface area contributed by atoms with Gasteiger partial charge in [-0.2, -0.15) is 0 Å². The normalized spacial score (nSPS) is 15.9. The summed E-state index contributed by atoms with van der Waals surface area (Å²) in [6.45, 7) is 4.64. The quantitative estimate of drug-likeness (QED) is 0.202. The third-order valence-corrected chi connectivity index (χ3v) is 14.4. The number of benzene rings is 6. The van der Waals surface area contributed by atoms with Gasteiger partial charge in [0.05, 0.1) is 17.1 Å². The van der Waals surface area contributed by atoms with E-state index in [1.807, 2.05) is 0 Å². The minimum absolute atomic E-state index is 0.133. The summed E-state index contributed by atoms with van der Waals surface area (Å²) < 4.78 is 13.7. The molecule has 0 fully saturated rings. The highest BCUT2D eigenvalue weighted by Crippen LogP contribution is 2.53. The van der Waals surface area contributed by atoms with Crippen LogP contribution in [0.1, 0.15) is 25.0 Å². The fraction of sp³-hybridized carbons (Fsp3) is 0.0769. The lowest BCUT2D eigenvalue weighted by atomic mass is 9.73. The second-order valence-corrected chi connectivity index (χ2v) is 15.8.